The normalized spacial score (nSPS) is 19.4. The molecule has 0 radical (unpaired) electrons. The zero-order valence-corrected chi connectivity index (χ0v) is 15.2. The molecule has 2 aromatic carbocycles. The predicted octanol–water partition coefficient (Wildman–Crippen LogP) is 5.26. The number of ether oxygens (including phenoxy) is 1. The summed E-state index contributed by atoms with van der Waals surface area (Å²) >= 11 is 6.15. The van der Waals surface area contributed by atoms with Gasteiger partial charge in [-0.15, -0.1) is 0 Å². The molecule has 2 atom stereocenters. The number of rotatable bonds is 4. The third-order valence-electron chi connectivity index (χ3n) is 5.47. The van der Waals surface area contributed by atoms with Gasteiger partial charge in [-0.3, -0.25) is 4.57 Å². The van der Waals surface area contributed by atoms with E-state index in [1.54, 1.807) is 0 Å². The third-order valence-corrected chi connectivity index (χ3v) is 5.84. The number of aromatic nitrogens is 1. The molecule has 2 aliphatic rings. The van der Waals surface area contributed by atoms with E-state index >= 15 is 0 Å². The van der Waals surface area contributed by atoms with Gasteiger partial charge in [-0.05, 0) is 36.8 Å². The van der Waals surface area contributed by atoms with Gasteiger partial charge in [-0.1, -0.05) is 42.0 Å². The van der Waals surface area contributed by atoms with Crippen LogP contribution in [-0.2, 0) is 6.61 Å². The Labute approximate surface area is 161 Å². The first kappa shape index (κ1) is 16.3. The highest BCUT2D eigenvalue weighted by molar-refractivity contribution is 6.31. The van der Waals surface area contributed by atoms with Gasteiger partial charge in [0, 0.05) is 33.5 Å². The van der Waals surface area contributed by atoms with Crippen molar-refractivity contribution in [3.05, 3.63) is 82.4 Å². The predicted molar refractivity (Wildman–Crippen MR) is 104 cm³/mol. The summed E-state index contributed by atoms with van der Waals surface area (Å²) in [6.45, 7) is 0.377. The van der Waals surface area contributed by atoms with Gasteiger partial charge in [0.25, 0.3) is 0 Å². The highest BCUT2D eigenvalue weighted by Crippen LogP contribution is 2.57. The average molecular weight is 380 g/mol. The van der Waals surface area contributed by atoms with Crippen LogP contribution < -0.4 is 4.74 Å². The Morgan fingerprint density at radius 2 is 1.56 bits per heavy atom. The van der Waals surface area contributed by atoms with Crippen LogP contribution in [0.15, 0.2) is 60.7 Å². The molecule has 1 heterocycles. The summed E-state index contributed by atoms with van der Waals surface area (Å²) in [5.74, 6) is 1.36. The zero-order valence-electron chi connectivity index (χ0n) is 14.5. The Kier molecular flexibility index (Phi) is 3.69. The lowest BCUT2D eigenvalue weighted by atomic mass is 10.0. The molecular formula is C22H18ClNO3. The van der Waals surface area contributed by atoms with Gasteiger partial charge < -0.3 is 14.9 Å². The first-order valence-electron chi connectivity index (χ1n) is 8.95. The smallest absolute Gasteiger partial charge is 0.202 e. The highest BCUT2D eigenvalue weighted by atomic mass is 35.5. The first-order chi connectivity index (χ1) is 13.1. The van der Waals surface area contributed by atoms with Crippen LogP contribution in [0.3, 0.4) is 0 Å². The Bertz CT molecular complexity index is 1020. The minimum atomic E-state index is 0.129. The first-order valence-corrected chi connectivity index (χ1v) is 9.32. The third kappa shape index (κ3) is 2.52. The SMILES string of the molecule is Oc1c2c(c(O)n1-c1ccc(OCc3ccccc3Cl)cc1)C1C=CC2C1. The largest absolute Gasteiger partial charge is 0.494 e. The van der Waals surface area contributed by atoms with Crippen molar-refractivity contribution in [2.75, 3.05) is 0 Å². The number of fused-ring (bicyclic) bond motifs is 5. The van der Waals surface area contributed by atoms with Crippen molar-refractivity contribution in [3.63, 3.8) is 0 Å². The summed E-state index contributed by atoms with van der Waals surface area (Å²) in [5.41, 5.74) is 3.34. The lowest BCUT2D eigenvalue weighted by molar-refractivity contribution is 0.306. The van der Waals surface area contributed by atoms with Crippen LogP contribution in [0.4, 0.5) is 0 Å². The average Bonchev–Trinajstić information content (AvgIpc) is 3.36. The van der Waals surface area contributed by atoms with E-state index in [1.165, 1.54) is 4.57 Å². The van der Waals surface area contributed by atoms with Gasteiger partial charge in [0.1, 0.15) is 12.4 Å². The molecule has 5 heteroatoms. The highest BCUT2D eigenvalue weighted by Gasteiger charge is 2.41. The van der Waals surface area contributed by atoms with Crippen LogP contribution in [0.25, 0.3) is 5.69 Å². The van der Waals surface area contributed by atoms with Crippen molar-refractivity contribution in [1.29, 1.82) is 0 Å². The summed E-state index contributed by atoms with van der Waals surface area (Å²) in [5, 5.41) is 22.0. The lowest BCUT2D eigenvalue weighted by Gasteiger charge is -2.11. The molecule has 27 heavy (non-hydrogen) atoms. The molecule has 0 saturated carbocycles. The molecule has 3 aromatic rings. The van der Waals surface area contributed by atoms with Crippen molar-refractivity contribution in [1.82, 2.24) is 4.57 Å². The van der Waals surface area contributed by atoms with Crippen molar-refractivity contribution in [2.24, 2.45) is 0 Å². The number of nitrogens with zero attached hydrogens (tertiary/aromatic N) is 1. The lowest BCUT2D eigenvalue weighted by Crippen LogP contribution is -1.98. The Balaban J connectivity index is 1.40. The monoisotopic (exact) mass is 379 g/mol. The van der Waals surface area contributed by atoms with Crippen molar-refractivity contribution >= 4 is 11.6 Å². The fourth-order valence-corrected chi connectivity index (χ4v) is 4.34. The molecular weight excluding hydrogens is 362 g/mol. The second-order valence-electron chi connectivity index (χ2n) is 7.02. The molecule has 2 bridgehead atoms. The van der Waals surface area contributed by atoms with E-state index in [-0.39, 0.29) is 23.6 Å². The Hall–Kier alpha value is -2.85. The van der Waals surface area contributed by atoms with Crippen LogP contribution in [0.2, 0.25) is 5.02 Å². The standard InChI is InChI=1S/C22H18ClNO3/c23-18-4-2-1-3-15(18)12-27-17-9-7-16(8-10-17)24-21(25)19-13-5-6-14(11-13)20(19)22(24)26/h1-10,13-14,25-26H,11-12H2. The van der Waals surface area contributed by atoms with E-state index < -0.39 is 0 Å². The van der Waals surface area contributed by atoms with Crippen molar-refractivity contribution in [3.8, 4) is 23.2 Å². The van der Waals surface area contributed by atoms with Gasteiger partial charge in [0.2, 0.25) is 11.8 Å². The Morgan fingerprint density at radius 1 is 0.926 bits per heavy atom. The second kappa shape index (κ2) is 6.10. The topological polar surface area (TPSA) is 54.6 Å². The van der Waals surface area contributed by atoms with Crippen LogP contribution >= 0.6 is 11.6 Å². The van der Waals surface area contributed by atoms with Crippen LogP contribution in [0.5, 0.6) is 17.5 Å². The molecule has 2 N–H and O–H groups in total. The van der Waals surface area contributed by atoms with Gasteiger partial charge in [-0.2, -0.15) is 0 Å². The second-order valence-corrected chi connectivity index (χ2v) is 7.42. The van der Waals surface area contributed by atoms with E-state index in [0.29, 0.717) is 23.1 Å². The molecule has 0 aliphatic heterocycles. The van der Waals surface area contributed by atoms with Gasteiger partial charge >= 0.3 is 0 Å². The molecule has 4 nitrogen and oxygen atoms in total. The summed E-state index contributed by atoms with van der Waals surface area (Å²) in [7, 11) is 0. The molecule has 1 aromatic heterocycles. The van der Waals surface area contributed by atoms with Gasteiger partial charge in [-0.25, -0.2) is 0 Å². The maximum atomic E-state index is 10.7. The maximum Gasteiger partial charge on any atom is 0.202 e. The number of aromatic hydroxyl groups is 2. The minimum Gasteiger partial charge on any atom is -0.494 e. The molecule has 0 fully saturated rings. The van der Waals surface area contributed by atoms with Crippen LogP contribution in [0.1, 0.15) is 34.9 Å². The van der Waals surface area contributed by atoms with Crippen molar-refractivity contribution in [2.45, 2.75) is 24.9 Å². The zero-order chi connectivity index (χ0) is 18.5. The number of allylic oxidation sites excluding steroid dienone is 2. The molecule has 5 rings (SSSR count). The number of benzene rings is 2. The molecule has 2 unspecified atom stereocenters. The Morgan fingerprint density at radius 3 is 2.19 bits per heavy atom. The quantitative estimate of drug-likeness (QED) is 0.608. The number of halogens is 1. The summed E-state index contributed by atoms with van der Waals surface area (Å²) < 4.78 is 7.31. The van der Waals surface area contributed by atoms with Crippen LogP contribution in [-0.4, -0.2) is 14.8 Å². The van der Waals surface area contributed by atoms with E-state index in [1.807, 2.05) is 48.5 Å². The molecule has 0 spiro atoms. The summed E-state index contributed by atoms with van der Waals surface area (Å²) in [6, 6.07) is 14.9. The van der Waals surface area contributed by atoms with E-state index in [9.17, 15) is 10.2 Å². The van der Waals surface area contributed by atoms with Gasteiger partial charge in [0.15, 0.2) is 0 Å². The fraction of sp³-hybridized carbons (Fsp3) is 0.182. The van der Waals surface area contributed by atoms with E-state index in [4.69, 9.17) is 16.3 Å². The van der Waals surface area contributed by atoms with E-state index in [0.717, 1.165) is 23.1 Å². The molecule has 0 amide bonds. The summed E-state index contributed by atoms with van der Waals surface area (Å²) in [6.07, 6.45) is 5.17. The van der Waals surface area contributed by atoms with Crippen LogP contribution in [0, 0.1) is 0 Å². The fourth-order valence-electron chi connectivity index (χ4n) is 4.15. The minimum absolute atomic E-state index is 0.129. The summed E-state index contributed by atoms with van der Waals surface area (Å²) in [4.78, 5) is 0. The molecule has 2 aliphatic carbocycles. The number of hydrogen-bond acceptors (Lipinski definition) is 3. The van der Waals surface area contributed by atoms with Gasteiger partial charge in [0.05, 0.1) is 5.69 Å². The van der Waals surface area contributed by atoms with E-state index in [2.05, 4.69) is 12.2 Å². The van der Waals surface area contributed by atoms with Crippen molar-refractivity contribution < 1.29 is 14.9 Å². The molecule has 136 valence electrons. The maximum absolute atomic E-state index is 10.7. The number of hydrogen-bond donors (Lipinski definition) is 2. The molecule has 0 saturated heterocycles.